The Bertz CT molecular complexity index is 273. The molecule has 0 aliphatic rings. The Labute approximate surface area is 90.7 Å². The van der Waals surface area contributed by atoms with Gasteiger partial charge in [-0.1, -0.05) is 0 Å². The van der Waals surface area contributed by atoms with Crippen molar-refractivity contribution in [1.82, 2.24) is 0 Å². The molecule has 0 aliphatic carbocycles. The molecule has 0 spiro atoms. The van der Waals surface area contributed by atoms with E-state index in [1.54, 1.807) is 28.7 Å². The van der Waals surface area contributed by atoms with Crippen LogP contribution in [0.15, 0.2) is 12.1 Å². The zero-order valence-corrected chi connectivity index (χ0v) is 9.69. The van der Waals surface area contributed by atoms with Crippen LogP contribution in [0.5, 0.6) is 0 Å². The second-order valence-corrected chi connectivity index (χ2v) is 4.32. The maximum absolute atomic E-state index is 12.8. The van der Waals surface area contributed by atoms with Gasteiger partial charge in [0, 0.05) is 9.13 Å². The molecule has 0 aliphatic heterocycles. The number of hydrogen-bond acceptors (Lipinski definition) is 0. The molecular weight excluding hydrogens is 376 g/mol. The average Bonchev–Trinajstić information content (AvgIpc) is 1.96. The monoisotopic (exact) mass is 380 g/mol. The van der Waals surface area contributed by atoms with Crippen LogP contribution in [0.2, 0.25) is 0 Å². The molecule has 0 radical (unpaired) electrons. The molecule has 60 valence electrons. The third-order valence-electron chi connectivity index (χ3n) is 1.21. The Morgan fingerprint density at radius 1 is 1.27 bits per heavy atom. The van der Waals surface area contributed by atoms with Gasteiger partial charge in [-0.3, -0.25) is 0 Å². The second-order valence-electron chi connectivity index (χ2n) is 1.99. The minimum atomic E-state index is -0.605. The van der Waals surface area contributed by atoms with Crippen LogP contribution in [-0.4, -0.2) is 0 Å². The summed E-state index contributed by atoms with van der Waals surface area (Å²) in [6, 6.07) is 3.03. The topological polar surface area (TPSA) is 0 Å². The summed E-state index contributed by atoms with van der Waals surface area (Å²) in [6.45, 7) is -0.605. The lowest BCUT2D eigenvalue weighted by molar-refractivity contribution is 0.479. The Balaban J connectivity index is 3.24. The molecule has 11 heavy (non-hydrogen) atoms. The summed E-state index contributed by atoms with van der Waals surface area (Å²) in [5.41, 5.74) is 0.426. The van der Waals surface area contributed by atoms with E-state index >= 15 is 0 Å². The van der Waals surface area contributed by atoms with E-state index in [1.165, 1.54) is 6.07 Å². The summed E-state index contributed by atoms with van der Waals surface area (Å²) in [4.78, 5) is 0. The van der Waals surface area contributed by atoms with Gasteiger partial charge in [0.15, 0.2) is 0 Å². The van der Waals surface area contributed by atoms with E-state index in [2.05, 4.69) is 0 Å². The first-order chi connectivity index (χ1) is 5.15. The molecule has 0 saturated carbocycles. The van der Waals surface area contributed by atoms with Gasteiger partial charge in [-0.15, -0.1) is 0 Å². The predicted molar refractivity (Wildman–Crippen MR) is 56.6 cm³/mol. The number of benzene rings is 1. The van der Waals surface area contributed by atoms with Crippen LogP contribution < -0.4 is 0 Å². The normalized spacial score (nSPS) is 10.2. The smallest absolute Gasteiger partial charge is 0.137 e. The maximum atomic E-state index is 12.8. The summed E-state index contributed by atoms with van der Waals surface area (Å²) in [6.07, 6.45) is 0. The van der Waals surface area contributed by atoms with Crippen molar-refractivity contribution >= 4 is 45.2 Å². The molecule has 0 nitrogen and oxygen atoms in total. The molecule has 1 aromatic carbocycles. The van der Waals surface area contributed by atoms with E-state index < -0.39 is 6.67 Å². The van der Waals surface area contributed by atoms with Crippen LogP contribution in [-0.2, 0) is 6.67 Å². The van der Waals surface area contributed by atoms with E-state index in [-0.39, 0.29) is 5.82 Å². The van der Waals surface area contributed by atoms with Crippen molar-refractivity contribution in [1.29, 1.82) is 0 Å². The molecular formula is C7H4F2I2. The van der Waals surface area contributed by atoms with Crippen LogP contribution in [0, 0.1) is 13.0 Å². The van der Waals surface area contributed by atoms with Crippen molar-refractivity contribution in [3.05, 3.63) is 30.7 Å². The molecule has 0 atom stereocenters. The summed E-state index contributed by atoms with van der Waals surface area (Å²) >= 11 is 3.76. The fourth-order valence-electron chi connectivity index (χ4n) is 0.707. The summed E-state index contributed by atoms with van der Waals surface area (Å²) in [5, 5.41) is 0. The van der Waals surface area contributed by atoms with Gasteiger partial charge in [-0.25, -0.2) is 8.78 Å². The van der Waals surface area contributed by atoms with Crippen molar-refractivity contribution in [2.75, 3.05) is 0 Å². The molecule has 0 fully saturated rings. The third-order valence-corrected chi connectivity index (χ3v) is 3.04. The van der Waals surface area contributed by atoms with Gasteiger partial charge in [-0.2, -0.15) is 0 Å². The van der Waals surface area contributed by atoms with Gasteiger partial charge in [0.25, 0.3) is 0 Å². The van der Waals surface area contributed by atoms with Crippen molar-refractivity contribution in [2.24, 2.45) is 0 Å². The highest BCUT2D eigenvalue weighted by Crippen LogP contribution is 2.20. The van der Waals surface area contributed by atoms with Crippen molar-refractivity contribution in [2.45, 2.75) is 6.67 Å². The van der Waals surface area contributed by atoms with Gasteiger partial charge in [0.2, 0.25) is 0 Å². The summed E-state index contributed by atoms with van der Waals surface area (Å²) in [5.74, 6) is -0.342. The molecule has 0 amide bonds. The zero-order chi connectivity index (χ0) is 8.43. The first-order valence-electron chi connectivity index (χ1n) is 2.84. The molecule has 0 aromatic heterocycles. The number of hydrogen-bond donors (Lipinski definition) is 0. The summed E-state index contributed by atoms with van der Waals surface area (Å²) in [7, 11) is 0. The maximum Gasteiger partial charge on any atom is 0.137 e. The number of halogens is 4. The molecule has 1 rings (SSSR count). The Kier molecular flexibility index (Phi) is 3.48. The quantitative estimate of drug-likeness (QED) is 0.517. The second kappa shape index (κ2) is 3.97. The lowest BCUT2D eigenvalue weighted by Crippen LogP contribution is -1.91. The third kappa shape index (κ3) is 2.24. The SMILES string of the molecule is FCc1cc(I)cc(F)c1I. The fraction of sp³-hybridized carbons (Fsp3) is 0.143. The van der Waals surface area contributed by atoms with Crippen LogP contribution in [0.4, 0.5) is 8.78 Å². The Morgan fingerprint density at radius 2 is 1.91 bits per heavy atom. The zero-order valence-electron chi connectivity index (χ0n) is 5.37. The molecule has 0 saturated heterocycles. The first-order valence-corrected chi connectivity index (χ1v) is 5.00. The number of rotatable bonds is 1. The van der Waals surface area contributed by atoms with Crippen molar-refractivity contribution in [3.8, 4) is 0 Å². The Hall–Kier alpha value is 0.540. The van der Waals surface area contributed by atoms with E-state index in [1.807, 2.05) is 22.6 Å². The standard InChI is InChI=1S/C7H4F2I2/c8-3-4-1-5(10)2-6(9)7(4)11/h1-2H,3H2. The van der Waals surface area contributed by atoms with Gasteiger partial charge in [0.1, 0.15) is 12.5 Å². The molecule has 0 unspecified atom stereocenters. The highest BCUT2D eigenvalue weighted by Gasteiger charge is 2.06. The van der Waals surface area contributed by atoms with Gasteiger partial charge in [-0.05, 0) is 57.3 Å². The first kappa shape index (κ1) is 9.63. The highest BCUT2D eigenvalue weighted by molar-refractivity contribution is 14.1. The largest absolute Gasteiger partial charge is 0.246 e. The van der Waals surface area contributed by atoms with Crippen LogP contribution >= 0.6 is 45.2 Å². The molecule has 4 heteroatoms. The molecule has 0 N–H and O–H groups in total. The minimum Gasteiger partial charge on any atom is -0.246 e. The Morgan fingerprint density at radius 3 is 2.45 bits per heavy atom. The van der Waals surface area contributed by atoms with Crippen LogP contribution in [0.3, 0.4) is 0 Å². The summed E-state index contributed by atoms with van der Waals surface area (Å²) < 4.78 is 26.1. The molecule has 0 heterocycles. The minimum absolute atomic E-state index is 0.342. The van der Waals surface area contributed by atoms with Crippen LogP contribution in [0.1, 0.15) is 5.56 Å². The van der Waals surface area contributed by atoms with E-state index in [9.17, 15) is 8.78 Å². The molecule has 0 bridgehead atoms. The van der Waals surface area contributed by atoms with Crippen molar-refractivity contribution < 1.29 is 8.78 Å². The van der Waals surface area contributed by atoms with Gasteiger partial charge < -0.3 is 0 Å². The van der Waals surface area contributed by atoms with Gasteiger partial charge in [0.05, 0.1) is 3.57 Å². The van der Waals surface area contributed by atoms with Crippen molar-refractivity contribution in [3.63, 3.8) is 0 Å². The van der Waals surface area contributed by atoms with E-state index in [0.29, 0.717) is 9.13 Å². The van der Waals surface area contributed by atoms with E-state index in [4.69, 9.17) is 0 Å². The highest BCUT2D eigenvalue weighted by atomic mass is 127. The molecule has 1 aromatic rings. The number of alkyl halides is 1. The van der Waals surface area contributed by atoms with E-state index in [0.717, 1.165) is 3.57 Å². The fourth-order valence-corrected chi connectivity index (χ4v) is 1.81. The van der Waals surface area contributed by atoms with Gasteiger partial charge >= 0.3 is 0 Å². The average molecular weight is 380 g/mol. The lowest BCUT2D eigenvalue weighted by atomic mass is 10.2. The van der Waals surface area contributed by atoms with Crippen LogP contribution in [0.25, 0.3) is 0 Å². The lowest BCUT2D eigenvalue weighted by Gasteiger charge is -2.01. The predicted octanol–water partition coefficient (Wildman–Crippen LogP) is 3.50.